The quantitative estimate of drug-likeness (QED) is 0.796. The topological polar surface area (TPSA) is 33.7 Å². The van der Waals surface area contributed by atoms with E-state index in [2.05, 4.69) is 31.0 Å². The summed E-state index contributed by atoms with van der Waals surface area (Å²) in [6.45, 7) is 11.4. The van der Waals surface area contributed by atoms with Crippen molar-refractivity contribution in [3.8, 4) is 0 Å². The van der Waals surface area contributed by atoms with Crippen LogP contribution in [0.5, 0.6) is 0 Å². The van der Waals surface area contributed by atoms with E-state index in [1.54, 1.807) is 0 Å². The summed E-state index contributed by atoms with van der Waals surface area (Å²) in [6.07, 6.45) is 1.82. The molecule has 4 nitrogen and oxygen atoms in total. The molecule has 2 heterocycles. The van der Waals surface area contributed by atoms with E-state index in [1.807, 2.05) is 0 Å². The number of ether oxygens (including phenoxy) is 2. The lowest BCUT2D eigenvalue weighted by molar-refractivity contribution is -0.104. The normalized spacial score (nSPS) is 37.9. The number of rotatable bonds is 3. The lowest BCUT2D eigenvalue weighted by Crippen LogP contribution is -2.58. The van der Waals surface area contributed by atoms with Crippen molar-refractivity contribution in [1.82, 2.24) is 10.2 Å². The van der Waals surface area contributed by atoms with E-state index in [4.69, 9.17) is 9.47 Å². The predicted molar refractivity (Wildman–Crippen MR) is 68.3 cm³/mol. The molecule has 0 aromatic carbocycles. The van der Waals surface area contributed by atoms with Crippen LogP contribution in [0.25, 0.3) is 0 Å². The second-order valence-electron chi connectivity index (χ2n) is 5.26. The molecule has 100 valence electrons. The minimum absolute atomic E-state index is 0.322. The Morgan fingerprint density at radius 1 is 1.41 bits per heavy atom. The molecule has 0 bridgehead atoms. The lowest BCUT2D eigenvalue weighted by Gasteiger charge is -2.45. The highest BCUT2D eigenvalue weighted by atomic mass is 16.5. The van der Waals surface area contributed by atoms with Crippen molar-refractivity contribution in [1.29, 1.82) is 0 Å². The Labute approximate surface area is 105 Å². The summed E-state index contributed by atoms with van der Waals surface area (Å²) in [5.41, 5.74) is 0. The van der Waals surface area contributed by atoms with Gasteiger partial charge >= 0.3 is 0 Å². The van der Waals surface area contributed by atoms with Crippen molar-refractivity contribution in [2.24, 2.45) is 0 Å². The molecule has 1 N–H and O–H groups in total. The highest BCUT2D eigenvalue weighted by molar-refractivity contribution is 4.87. The van der Waals surface area contributed by atoms with Gasteiger partial charge in [-0.1, -0.05) is 6.92 Å². The highest BCUT2D eigenvalue weighted by Crippen LogP contribution is 2.20. The molecule has 0 aromatic heterocycles. The number of hydrogen-bond donors (Lipinski definition) is 1. The Morgan fingerprint density at radius 3 is 2.88 bits per heavy atom. The maximum absolute atomic E-state index is 5.88. The molecule has 0 aromatic rings. The van der Waals surface area contributed by atoms with Gasteiger partial charge in [-0.3, -0.25) is 4.90 Å². The SMILES string of the molecule is CCC1COC(C)CN1C(C)C1CNCCO1. The second kappa shape index (κ2) is 6.14. The van der Waals surface area contributed by atoms with Crippen molar-refractivity contribution in [2.75, 3.05) is 32.8 Å². The first-order chi connectivity index (χ1) is 8.22. The van der Waals surface area contributed by atoms with E-state index in [-0.39, 0.29) is 0 Å². The van der Waals surface area contributed by atoms with Gasteiger partial charge in [0.15, 0.2) is 0 Å². The maximum Gasteiger partial charge on any atom is 0.0852 e. The summed E-state index contributed by atoms with van der Waals surface area (Å²) in [7, 11) is 0. The van der Waals surface area contributed by atoms with Gasteiger partial charge in [-0.25, -0.2) is 0 Å². The Morgan fingerprint density at radius 2 is 2.24 bits per heavy atom. The van der Waals surface area contributed by atoms with Crippen molar-refractivity contribution in [3.05, 3.63) is 0 Å². The number of hydrogen-bond acceptors (Lipinski definition) is 4. The summed E-state index contributed by atoms with van der Waals surface area (Å²) < 4.78 is 11.6. The van der Waals surface area contributed by atoms with E-state index in [0.717, 1.165) is 39.3 Å². The van der Waals surface area contributed by atoms with Gasteiger partial charge in [-0.15, -0.1) is 0 Å². The average Bonchev–Trinajstić information content (AvgIpc) is 2.39. The first-order valence-corrected chi connectivity index (χ1v) is 6.92. The third-order valence-corrected chi connectivity index (χ3v) is 4.00. The first-order valence-electron chi connectivity index (χ1n) is 6.92. The third-order valence-electron chi connectivity index (χ3n) is 4.00. The molecular formula is C13H26N2O2. The fourth-order valence-electron chi connectivity index (χ4n) is 2.83. The largest absolute Gasteiger partial charge is 0.376 e. The summed E-state index contributed by atoms with van der Waals surface area (Å²) >= 11 is 0. The van der Waals surface area contributed by atoms with Crippen LogP contribution >= 0.6 is 0 Å². The lowest BCUT2D eigenvalue weighted by atomic mass is 10.0. The van der Waals surface area contributed by atoms with Gasteiger partial charge in [0.1, 0.15) is 0 Å². The molecule has 0 amide bonds. The molecule has 4 atom stereocenters. The molecule has 17 heavy (non-hydrogen) atoms. The summed E-state index contributed by atoms with van der Waals surface area (Å²) in [5, 5.41) is 3.42. The van der Waals surface area contributed by atoms with E-state index >= 15 is 0 Å². The van der Waals surface area contributed by atoms with Crippen LogP contribution < -0.4 is 5.32 Å². The number of morpholine rings is 2. The molecular weight excluding hydrogens is 216 g/mol. The van der Waals surface area contributed by atoms with E-state index < -0.39 is 0 Å². The smallest absolute Gasteiger partial charge is 0.0852 e. The van der Waals surface area contributed by atoms with Gasteiger partial charge in [-0.2, -0.15) is 0 Å². The van der Waals surface area contributed by atoms with Crippen LogP contribution in [0.4, 0.5) is 0 Å². The Kier molecular flexibility index (Phi) is 4.79. The fraction of sp³-hybridized carbons (Fsp3) is 1.00. The second-order valence-corrected chi connectivity index (χ2v) is 5.26. The van der Waals surface area contributed by atoms with Crippen molar-refractivity contribution in [3.63, 3.8) is 0 Å². The zero-order valence-electron chi connectivity index (χ0n) is 11.3. The highest BCUT2D eigenvalue weighted by Gasteiger charge is 2.33. The third kappa shape index (κ3) is 3.19. The first kappa shape index (κ1) is 13.3. The molecule has 2 saturated heterocycles. The van der Waals surface area contributed by atoms with Crippen LogP contribution in [0.1, 0.15) is 27.2 Å². The molecule has 4 heteroatoms. The predicted octanol–water partition coefficient (Wildman–Crippen LogP) is 0.863. The van der Waals surface area contributed by atoms with Crippen LogP contribution in [-0.2, 0) is 9.47 Å². The van der Waals surface area contributed by atoms with Gasteiger partial charge in [0.05, 0.1) is 25.4 Å². The van der Waals surface area contributed by atoms with Gasteiger partial charge in [-0.05, 0) is 20.3 Å². The van der Waals surface area contributed by atoms with Crippen LogP contribution in [-0.4, -0.2) is 62.0 Å². The van der Waals surface area contributed by atoms with E-state index in [0.29, 0.717) is 24.3 Å². The van der Waals surface area contributed by atoms with Crippen LogP contribution in [0.15, 0.2) is 0 Å². The van der Waals surface area contributed by atoms with Crippen LogP contribution in [0.3, 0.4) is 0 Å². The van der Waals surface area contributed by atoms with Crippen molar-refractivity contribution < 1.29 is 9.47 Å². The Bertz CT molecular complexity index is 231. The zero-order chi connectivity index (χ0) is 12.3. The van der Waals surface area contributed by atoms with E-state index in [9.17, 15) is 0 Å². The van der Waals surface area contributed by atoms with Gasteiger partial charge in [0.25, 0.3) is 0 Å². The standard InChI is InChI=1S/C13H26N2O2/c1-4-12-9-17-10(2)8-15(12)11(3)13-7-14-5-6-16-13/h10-14H,4-9H2,1-3H3. The Hall–Kier alpha value is -0.160. The number of nitrogens with zero attached hydrogens (tertiary/aromatic N) is 1. The monoisotopic (exact) mass is 242 g/mol. The molecule has 2 aliphatic rings. The minimum Gasteiger partial charge on any atom is -0.376 e. The Balaban J connectivity index is 1.96. The molecule has 0 radical (unpaired) electrons. The summed E-state index contributed by atoms with van der Waals surface area (Å²) in [4.78, 5) is 2.58. The zero-order valence-corrected chi connectivity index (χ0v) is 11.3. The molecule has 2 fully saturated rings. The average molecular weight is 242 g/mol. The molecule has 0 saturated carbocycles. The fourth-order valence-corrected chi connectivity index (χ4v) is 2.83. The van der Waals surface area contributed by atoms with E-state index in [1.165, 1.54) is 0 Å². The summed E-state index contributed by atoms with van der Waals surface area (Å²) in [6, 6.07) is 1.02. The number of nitrogens with one attached hydrogen (secondary N) is 1. The minimum atomic E-state index is 0.322. The van der Waals surface area contributed by atoms with Gasteiger partial charge in [0, 0.05) is 31.7 Å². The molecule has 2 aliphatic heterocycles. The van der Waals surface area contributed by atoms with Crippen LogP contribution in [0, 0.1) is 0 Å². The molecule has 2 rings (SSSR count). The molecule has 4 unspecified atom stereocenters. The van der Waals surface area contributed by atoms with Crippen molar-refractivity contribution >= 4 is 0 Å². The van der Waals surface area contributed by atoms with Gasteiger partial charge < -0.3 is 14.8 Å². The molecule has 0 spiro atoms. The van der Waals surface area contributed by atoms with Crippen molar-refractivity contribution in [2.45, 2.75) is 51.5 Å². The van der Waals surface area contributed by atoms with Crippen LogP contribution in [0.2, 0.25) is 0 Å². The summed E-state index contributed by atoms with van der Waals surface area (Å²) in [5.74, 6) is 0. The molecule has 0 aliphatic carbocycles. The maximum atomic E-state index is 5.88. The van der Waals surface area contributed by atoms with Gasteiger partial charge in [0.2, 0.25) is 0 Å².